The van der Waals surface area contributed by atoms with Crippen LogP contribution >= 0.6 is 0 Å². The second-order valence-electron chi connectivity index (χ2n) is 7.39. The van der Waals surface area contributed by atoms with E-state index in [0.29, 0.717) is 22.3 Å². The summed E-state index contributed by atoms with van der Waals surface area (Å²) in [6, 6.07) is 11.7. The number of carbonyl (C=O) groups is 1. The van der Waals surface area contributed by atoms with Crippen molar-refractivity contribution in [1.82, 2.24) is 20.2 Å². The Morgan fingerprint density at radius 1 is 1.09 bits per heavy atom. The van der Waals surface area contributed by atoms with E-state index in [-0.39, 0.29) is 18.7 Å². The van der Waals surface area contributed by atoms with Crippen LogP contribution in [0, 0.1) is 11.6 Å². The molecule has 2 atom stereocenters. The zero-order chi connectivity index (χ0) is 22.7. The zero-order valence-electron chi connectivity index (χ0n) is 17.2. The smallest absolute Gasteiger partial charge is 0.309 e. The molecule has 0 saturated carbocycles. The van der Waals surface area contributed by atoms with Crippen molar-refractivity contribution in [3.05, 3.63) is 89.3 Å². The molecule has 1 aliphatic heterocycles. The van der Waals surface area contributed by atoms with Gasteiger partial charge in [-0.15, -0.1) is 10.2 Å². The number of esters is 1. The number of hydrogen-bond donors (Lipinski definition) is 1. The summed E-state index contributed by atoms with van der Waals surface area (Å²) >= 11 is 0. The number of aromatic nitrogens is 4. The van der Waals surface area contributed by atoms with E-state index < -0.39 is 29.8 Å². The molecule has 1 saturated heterocycles. The summed E-state index contributed by atoms with van der Waals surface area (Å²) in [4.78, 5) is 13.0. The molecular weight excluding hydrogens is 418 g/mol. The third-order valence-corrected chi connectivity index (χ3v) is 4.95. The number of aliphatic hydroxyl groups excluding tert-OH is 1. The maximum atomic E-state index is 13.6. The molecular formula is C23H20F2N4O3. The summed E-state index contributed by atoms with van der Waals surface area (Å²) in [5.41, 5.74) is 2.40. The molecule has 164 valence electrons. The van der Waals surface area contributed by atoms with Crippen LogP contribution < -0.4 is 0 Å². The minimum atomic E-state index is -0.790. The maximum Gasteiger partial charge on any atom is 0.309 e. The molecule has 0 radical (unpaired) electrons. The molecule has 1 fully saturated rings. The molecule has 1 aromatic heterocycles. The van der Waals surface area contributed by atoms with E-state index in [1.54, 1.807) is 43.5 Å². The predicted molar refractivity (Wildman–Crippen MR) is 112 cm³/mol. The summed E-state index contributed by atoms with van der Waals surface area (Å²) in [6.07, 6.45) is 2.09. The highest BCUT2D eigenvalue weighted by atomic mass is 19.1. The molecule has 4 rings (SSSR count). The molecule has 3 aromatic rings. The van der Waals surface area contributed by atoms with Crippen molar-refractivity contribution in [2.45, 2.75) is 25.0 Å². The maximum absolute atomic E-state index is 13.6. The van der Waals surface area contributed by atoms with Crippen molar-refractivity contribution in [2.24, 2.45) is 7.05 Å². The second-order valence-corrected chi connectivity index (χ2v) is 7.39. The Hall–Kier alpha value is -3.72. The summed E-state index contributed by atoms with van der Waals surface area (Å²) < 4.78 is 32.5. The fourth-order valence-corrected chi connectivity index (χ4v) is 3.50. The van der Waals surface area contributed by atoms with Gasteiger partial charge in [-0.3, -0.25) is 4.79 Å². The minimum Gasteiger partial charge on any atom is -0.458 e. The molecule has 2 aromatic carbocycles. The molecule has 0 unspecified atom stereocenters. The summed E-state index contributed by atoms with van der Waals surface area (Å²) in [6.45, 7) is 0. The topological polar surface area (TPSA) is 90.1 Å². The van der Waals surface area contributed by atoms with Gasteiger partial charge in [0.2, 0.25) is 5.82 Å². The average molecular weight is 438 g/mol. The predicted octanol–water partition coefficient (Wildman–Crippen LogP) is 3.07. The highest BCUT2D eigenvalue weighted by Gasteiger charge is 2.26. The van der Waals surface area contributed by atoms with Gasteiger partial charge in [0.15, 0.2) is 0 Å². The lowest BCUT2D eigenvalue weighted by Gasteiger charge is -2.23. The van der Waals surface area contributed by atoms with Gasteiger partial charge in [-0.25, -0.2) is 8.78 Å². The van der Waals surface area contributed by atoms with Crippen molar-refractivity contribution < 1.29 is 23.4 Å². The third kappa shape index (κ3) is 4.94. The van der Waals surface area contributed by atoms with Crippen molar-refractivity contribution in [2.75, 3.05) is 0 Å². The van der Waals surface area contributed by atoms with Crippen LogP contribution in [0.3, 0.4) is 0 Å². The summed E-state index contributed by atoms with van der Waals surface area (Å²) in [7, 11) is 1.62. The van der Waals surface area contributed by atoms with Crippen LogP contribution in [0.2, 0.25) is 0 Å². The number of rotatable bonds is 5. The van der Waals surface area contributed by atoms with Gasteiger partial charge >= 0.3 is 5.97 Å². The number of tetrazole rings is 1. The number of carbonyl (C=O) groups excluding carboxylic acids is 1. The van der Waals surface area contributed by atoms with Crippen LogP contribution in [0.5, 0.6) is 0 Å². The first-order valence-corrected chi connectivity index (χ1v) is 9.95. The van der Waals surface area contributed by atoms with Crippen LogP contribution in [0.25, 0.3) is 11.1 Å². The molecule has 0 bridgehead atoms. The Bertz CT molecular complexity index is 1120. The molecule has 0 spiro atoms. The van der Waals surface area contributed by atoms with Crippen LogP contribution in [0.15, 0.2) is 60.7 Å². The van der Waals surface area contributed by atoms with Crippen LogP contribution in [-0.2, 0) is 16.6 Å². The van der Waals surface area contributed by atoms with Gasteiger partial charge in [-0.2, -0.15) is 4.80 Å². The lowest BCUT2D eigenvalue weighted by molar-refractivity contribution is -0.156. The lowest BCUT2D eigenvalue weighted by atomic mass is 9.91. The highest BCUT2D eigenvalue weighted by Crippen LogP contribution is 2.32. The van der Waals surface area contributed by atoms with Gasteiger partial charge in [0.25, 0.3) is 0 Å². The normalized spacial score (nSPS) is 18.6. The van der Waals surface area contributed by atoms with Gasteiger partial charge in [0, 0.05) is 17.6 Å². The SMILES string of the molecule is Cn1nnc(C(/C=C/[C@@H]2C[C@@H](O)CC(=O)O2)=C(c2ccc(F)cc2)c2ccc(F)cc2)n1. The number of benzene rings is 2. The minimum absolute atomic E-state index is 0.0465. The number of halogens is 2. The fourth-order valence-electron chi connectivity index (χ4n) is 3.50. The van der Waals surface area contributed by atoms with E-state index in [9.17, 15) is 18.7 Å². The Morgan fingerprint density at radius 2 is 1.69 bits per heavy atom. The Labute approximate surface area is 182 Å². The number of allylic oxidation sites excluding steroid dienone is 2. The number of nitrogens with zero attached hydrogens (tertiary/aromatic N) is 4. The van der Waals surface area contributed by atoms with E-state index >= 15 is 0 Å². The first-order valence-electron chi connectivity index (χ1n) is 9.95. The van der Waals surface area contributed by atoms with Crippen LogP contribution in [0.4, 0.5) is 8.78 Å². The van der Waals surface area contributed by atoms with Crippen molar-refractivity contribution in [1.29, 1.82) is 0 Å². The van der Waals surface area contributed by atoms with E-state index in [1.807, 2.05) is 0 Å². The molecule has 32 heavy (non-hydrogen) atoms. The molecule has 0 amide bonds. The quantitative estimate of drug-likeness (QED) is 0.487. The largest absolute Gasteiger partial charge is 0.458 e. The number of aryl methyl sites for hydroxylation is 1. The van der Waals surface area contributed by atoms with E-state index in [1.165, 1.54) is 29.1 Å². The number of hydrogen-bond acceptors (Lipinski definition) is 6. The first-order chi connectivity index (χ1) is 15.4. The van der Waals surface area contributed by atoms with E-state index in [0.717, 1.165) is 0 Å². The van der Waals surface area contributed by atoms with E-state index in [4.69, 9.17) is 4.74 Å². The summed E-state index contributed by atoms with van der Waals surface area (Å²) in [5, 5.41) is 22.2. The molecule has 7 nitrogen and oxygen atoms in total. The Morgan fingerprint density at radius 3 is 2.19 bits per heavy atom. The molecule has 2 heterocycles. The first kappa shape index (κ1) is 21.5. The standard InChI is InChI=1S/C23H20F2N4O3/c1-29-27-23(26-28-29)20(11-10-19-12-18(30)13-21(31)32-19)22(14-2-6-16(24)7-3-14)15-4-8-17(25)9-5-15/h2-11,18-19,30H,12-13H2,1H3/b11-10+/t18-,19-/m1/s1. The molecule has 9 heteroatoms. The van der Waals surface area contributed by atoms with Crippen molar-refractivity contribution in [3.63, 3.8) is 0 Å². The monoisotopic (exact) mass is 438 g/mol. The zero-order valence-corrected chi connectivity index (χ0v) is 17.2. The van der Waals surface area contributed by atoms with Gasteiger partial charge in [0.05, 0.1) is 19.6 Å². The van der Waals surface area contributed by atoms with Crippen LogP contribution in [-0.4, -0.2) is 43.5 Å². The molecule has 1 aliphatic rings. The fraction of sp³-hybridized carbons (Fsp3) is 0.217. The second kappa shape index (κ2) is 9.19. The van der Waals surface area contributed by atoms with Gasteiger partial charge in [0.1, 0.15) is 17.7 Å². The van der Waals surface area contributed by atoms with Crippen molar-refractivity contribution in [3.8, 4) is 0 Å². The summed E-state index contributed by atoms with van der Waals surface area (Å²) in [5.74, 6) is -1.01. The van der Waals surface area contributed by atoms with Crippen LogP contribution in [0.1, 0.15) is 29.8 Å². The van der Waals surface area contributed by atoms with Crippen molar-refractivity contribution >= 4 is 17.1 Å². The third-order valence-electron chi connectivity index (χ3n) is 4.95. The molecule has 0 aliphatic carbocycles. The van der Waals surface area contributed by atoms with E-state index in [2.05, 4.69) is 15.4 Å². The molecule has 1 N–H and O–H groups in total. The Balaban J connectivity index is 1.89. The van der Waals surface area contributed by atoms with Gasteiger partial charge in [-0.1, -0.05) is 30.3 Å². The van der Waals surface area contributed by atoms with Gasteiger partial charge in [-0.05, 0) is 46.7 Å². The highest BCUT2D eigenvalue weighted by molar-refractivity contribution is 6.00. The average Bonchev–Trinajstić information content (AvgIpc) is 3.18. The number of cyclic esters (lactones) is 1. The lowest BCUT2D eigenvalue weighted by Crippen LogP contribution is -2.31. The van der Waals surface area contributed by atoms with Gasteiger partial charge < -0.3 is 9.84 Å². The number of ether oxygens (including phenoxy) is 1. The number of aliphatic hydroxyl groups is 1. The Kier molecular flexibility index (Phi) is 6.18.